The maximum absolute atomic E-state index is 13.9. The van der Waals surface area contributed by atoms with Crippen LogP contribution in [0.3, 0.4) is 0 Å². The van der Waals surface area contributed by atoms with Crippen molar-refractivity contribution in [2.75, 3.05) is 11.4 Å². The molecule has 2 fully saturated rings. The third-order valence-electron chi connectivity index (χ3n) is 9.76. The highest BCUT2D eigenvalue weighted by molar-refractivity contribution is 8.14. The van der Waals surface area contributed by atoms with Crippen molar-refractivity contribution in [2.45, 2.75) is 71.0 Å². The third-order valence-corrected chi connectivity index (χ3v) is 10.7. The van der Waals surface area contributed by atoms with E-state index in [0.29, 0.717) is 18.0 Å². The minimum Gasteiger partial charge on any atom is -0.308 e. The van der Waals surface area contributed by atoms with Gasteiger partial charge in [-0.3, -0.25) is 19.4 Å². The quantitative estimate of drug-likeness (QED) is 0.481. The first-order chi connectivity index (χ1) is 18.2. The molecule has 8 heteroatoms. The lowest BCUT2D eigenvalue weighted by Gasteiger charge is -2.39. The van der Waals surface area contributed by atoms with E-state index in [1.807, 2.05) is 24.0 Å². The van der Waals surface area contributed by atoms with Crippen molar-refractivity contribution in [3.63, 3.8) is 0 Å². The molecule has 38 heavy (non-hydrogen) atoms. The van der Waals surface area contributed by atoms with E-state index in [4.69, 9.17) is 5.10 Å². The van der Waals surface area contributed by atoms with Crippen LogP contribution in [-0.2, 0) is 11.2 Å². The van der Waals surface area contributed by atoms with Crippen LogP contribution in [0.5, 0.6) is 0 Å². The minimum absolute atomic E-state index is 0.0301. The summed E-state index contributed by atoms with van der Waals surface area (Å²) in [6.45, 7) is 6.90. The van der Waals surface area contributed by atoms with Crippen molar-refractivity contribution in [2.24, 2.45) is 21.8 Å². The molecule has 2 aliphatic heterocycles. The minimum atomic E-state index is -0.556. The number of carbonyl (C=O) groups excluding carboxylic acids is 3. The summed E-state index contributed by atoms with van der Waals surface area (Å²) >= 11 is 1.17. The second-order valence-corrected chi connectivity index (χ2v) is 13.0. The van der Waals surface area contributed by atoms with Crippen LogP contribution in [-0.4, -0.2) is 44.6 Å². The number of hydrazone groups is 1. The summed E-state index contributed by atoms with van der Waals surface area (Å²) in [6.07, 6.45) is 10.2. The number of thioether (sulfide) groups is 1. The van der Waals surface area contributed by atoms with Gasteiger partial charge in [0.25, 0.3) is 11.8 Å². The number of nitrogens with zero attached hydrogens (tertiary/aromatic N) is 4. The van der Waals surface area contributed by atoms with Crippen molar-refractivity contribution in [3.8, 4) is 0 Å². The van der Waals surface area contributed by atoms with Gasteiger partial charge in [-0.15, -0.1) is 0 Å². The Hall–Kier alpha value is -3.00. The van der Waals surface area contributed by atoms with Gasteiger partial charge in [0.05, 0.1) is 16.4 Å². The Morgan fingerprint density at radius 2 is 1.79 bits per heavy atom. The number of fused-ring (bicyclic) bond motifs is 3. The molecule has 2 saturated carbocycles. The van der Waals surface area contributed by atoms with Crippen LogP contribution in [0.25, 0.3) is 0 Å². The summed E-state index contributed by atoms with van der Waals surface area (Å²) in [5.41, 5.74) is 3.63. The summed E-state index contributed by atoms with van der Waals surface area (Å²) in [4.78, 5) is 46.3. The van der Waals surface area contributed by atoms with E-state index in [-0.39, 0.29) is 27.7 Å². The summed E-state index contributed by atoms with van der Waals surface area (Å²) in [7, 11) is 0. The fourth-order valence-corrected chi connectivity index (χ4v) is 8.00. The van der Waals surface area contributed by atoms with Gasteiger partial charge in [0.1, 0.15) is 0 Å². The van der Waals surface area contributed by atoms with E-state index in [1.54, 1.807) is 24.5 Å². The Balaban J connectivity index is 1.34. The van der Waals surface area contributed by atoms with Gasteiger partial charge in [0.2, 0.25) is 0 Å². The molecule has 198 valence electrons. The summed E-state index contributed by atoms with van der Waals surface area (Å²) in [5, 5.41) is 5.46. The van der Waals surface area contributed by atoms with E-state index in [9.17, 15) is 14.4 Å². The third kappa shape index (κ3) is 3.82. The fourth-order valence-electron chi connectivity index (χ4n) is 7.18. The Morgan fingerprint density at radius 3 is 2.47 bits per heavy atom. The van der Waals surface area contributed by atoms with E-state index < -0.39 is 5.41 Å². The molecule has 3 heterocycles. The number of imide groups is 1. The van der Waals surface area contributed by atoms with E-state index in [1.165, 1.54) is 16.8 Å². The molecule has 2 atom stereocenters. The number of pyridine rings is 1. The standard InChI is InChI=1S/C30H34N4O3S/c1-19-25(32-34(28(37)38-19)27(36)30(3)23-9-13-29(30,2)14-10-23)22-7-8-24-21(18-22)6-4-5-17-33(24)26(35)20-11-15-31-16-12-20/h7-8,11-12,15-16,18-19,23H,4-6,9-10,13-14,17H2,1-3H3. The van der Waals surface area contributed by atoms with Crippen LogP contribution in [0.4, 0.5) is 10.5 Å². The molecule has 0 saturated heterocycles. The number of amides is 3. The molecule has 2 bridgehead atoms. The van der Waals surface area contributed by atoms with Gasteiger partial charge in [0.15, 0.2) is 0 Å². The molecule has 1 aromatic heterocycles. The Bertz CT molecular complexity index is 1330. The van der Waals surface area contributed by atoms with Gasteiger partial charge in [-0.25, -0.2) is 0 Å². The van der Waals surface area contributed by atoms with Crippen LogP contribution in [0.1, 0.15) is 80.8 Å². The number of aromatic nitrogens is 1. The highest BCUT2D eigenvalue weighted by atomic mass is 32.2. The molecule has 2 aliphatic carbocycles. The van der Waals surface area contributed by atoms with Crippen LogP contribution in [0.15, 0.2) is 47.8 Å². The zero-order valence-electron chi connectivity index (χ0n) is 22.3. The molecule has 0 radical (unpaired) electrons. The van der Waals surface area contributed by atoms with Crippen LogP contribution in [0.2, 0.25) is 0 Å². The largest absolute Gasteiger partial charge is 0.309 e. The molecule has 1 aromatic carbocycles. The van der Waals surface area contributed by atoms with Gasteiger partial charge < -0.3 is 4.90 Å². The zero-order chi connectivity index (χ0) is 26.7. The number of carbonyl (C=O) groups is 3. The summed E-state index contributed by atoms with van der Waals surface area (Å²) < 4.78 is 0. The number of benzene rings is 1. The number of hydrogen-bond acceptors (Lipinski definition) is 6. The molecule has 0 spiro atoms. The first kappa shape index (κ1) is 25.3. The first-order valence-electron chi connectivity index (χ1n) is 13.7. The molecule has 2 aromatic rings. The topological polar surface area (TPSA) is 82.9 Å². The number of rotatable bonds is 3. The first-order valence-corrected chi connectivity index (χ1v) is 14.6. The average molecular weight is 531 g/mol. The Morgan fingerprint density at radius 1 is 1.05 bits per heavy atom. The normalized spacial score (nSPS) is 30.6. The van der Waals surface area contributed by atoms with Crippen molar-refractivity contribution >= 4 is 40.2 Å². The van der Waals surface area contributed by atoms with Gasteiger partial charge in [-0.2, -0.15) is 10.1 Å². The predicted molar refractivity (Wildman–Crippen MR) is 149 cm³/mol. The van der Waals surface area contributed by atoms with Crippen molar-refractivity contribution in [3.05, 3.63) is 59.4 Å². The van der Waals surface area contributed by atoms with Crippen molar-refractivity contribution in [1.29, 1.82) is 0 Å². The second kappa shape index (κ2) is 9.33. The molecule has 2 unspecified atom stereocenters. The SMILES string of the molecule is CC1SC(=O)N(C(=O)C2(C)C3CCC2(C)CC3)N=C1c1ccc2c(c1)CCCCN2C(=O)c1ccncc1. The number of anilines is 1. The van der Waals surface area contributed by atoms with Gasteiger partial charge >= 0.3 is 5.24 Å². The highest BCUT2D eigenvalue weighted by Crippen LogP contribution is 2.66. The van der Waals surface area contributed by atoms with Crippen molar-refractivity contribution in [1.82, 2.24) is 9.99 Å². The lowest BCUT2D eigenvalue weighted by molar-refractivity contribution is -0.143. The highest BCUT2D eigenvalue weighted by Gasteiger charge is 2.64. The molecule has 6 rings (SSSR count). The molecular formula is C30H34N4O3S. The molecule has 0 N–H and O–H groups in total. The second-order valence-electron chi connectivity index (χ2n) is 11.7. The van der Waals surface area contributed by atoms with Crippen LogP contribution in [0, 0.1) is 16.7 Å². The van der Waals surface area contributed by atoms with Crippen LogP contribution < -0.4 is 4.90 Å². The Labute approximate surface area is 228 Å². The van der Waals surface area contributed by atoms with E-state index >= 15 is 0 Å². The smallest absolute Gasteiger partial charge is 0.308 e. The van der Waals surface area contributed by atoms with E-state index in [0.717, 1.165) is 67.5 Å². The van der Waals surface area contributed by atoms with Gasteiger partial charge in [-0.1, -0.05) is 24.8 Å². The number of hydrogen-bond donors (Lipinski definition) is 0. The molecular weight excluding hydrogens is 496 g/mol. The van der Waals surface area contributed by atoms with Crippen molar-refractivity contribution < 1.29 is 14.4 Å². The van der Waals surface area contributed by atoms with E-state index in [2.05, 4.69) is 24.9 Å². The maximum atomic E-state index is 13.9. The fraction of sp³-hybridized carbons (Fsp3) is 0.500. The molecule has 4 aliphatic rings. The zero-order valence-corrected chi connectivity index (χ0v) is 23.1. The lowest BCUT2D eigenvalue weighted by Crippen LogP contribution is -2.49. The van der Waals surface area contributed by atoms with Gasteiger partial charge in [-0.05, 0) is 106 Å². The molecule has 7 nitrogen and oxygen atoms in total. The Kier molecular flexibility index (Phi) is 6.21. The number of aryl methyl sites for hydroxylation is 1. The van der Waals surface area contributed by atoms with Gasteiger partial charge in [0, 0.05) is 30.2 Å². The predicted octanol–water partition coefficient (Wildman–Crippen LogP) is 6.07. The average Bonchev–Trinajstić information content (AvgIpc) is 3.21. The maximum Gasteiger partial charge on any atom is 0.309 e. The monoisotopic (exact) mass is 530 g/mol. The summed E-state index contributed by atoms with van der Waals surface area (Å²) in [6, 6.07) is 9.57. The van der Waals surface area contributed by atoms with Crippen LogP contribution >= 0.6 is 11.8 Å². The summed E-state index contributed by atoms with van der Waals surface area (Å²) in [5.74, 6) is 0.135. The lowest BCUT2D eigenvalue weighted by atomic mass is 9.68. The molecule has 3 amide bonds.